The van der Waals surface area contributed by atoms with E-state index in [-0.39, 0.29) is 11.6 Å². The Kier molecular flexibility index (Phi) is 3.80. The van der Waals surface area contributed by atoms with Crippen molar-refractivity contribution in [2.24, 2.45) is 5.41 Å². The van der Waals surface area contributed by atoms with Gasteiger partial charge in [-0.05, 0) is 43.5 Å². The van der Waals surface area contributed by atoms with Crippen LogP contribution >= 0.6 is 0 Å². The minimum Gasteiger partial charge on any atom is -0.493 e. The summed E-state index contributed by atoms with van der Waals surface area (Å²) in [7, 11) is 3.14. The van der Waals surface area contributed by atoms with Crippen molar-refractivity contribution < 1.29 is 24.2 Å². The summed E-state index contributed by atoms with van der Waals surface area (Å²) >= 11 is 0. The molecule has 0 saturated heterocycles. The largest absolute Gasteiger partial charge is 0.493 e. The fraction of sp³-hybridized carbons (Fsp3) is 0.333. The number of hydrogen-bond acceptors (Lipinski definition) is 6. The fourth-order valence-corrected chi connectivity index (χ4v) is 4.67. The number of benzene rings is 1. The number of nitrogens with zero attached hydrogens (tertiary/aromatic N) is 3. The van der Waals surface area contributed by atoms with Gasteiger partial charge in [-0.15, -0.1) is 0 Å². The van der Waals surface area contributed by atoms with Crippen molar-refractivity contribution in [3.05, 3.63) is 42.2 Å². The summed E-state index contributed by atoms with van der Waals surface area (Å²) in [6.45, 7) is 0. The molecule has 3 aliphatic carbocycles. The molecule has 1 amide bonds. The first kappa shape index (κ1) is 18.4. The standard InChI is InChI=1S/C21H20N4O5/c1-29-15-4-3-12(7-16(15)30-2)14-5-6-22-17-8-13(24-25(14)17)18(26)23-21-9-20(10-21,11-21)19(27)28/h3-8H,9-11H2,1-2H3,(H,23,26)(H,27,28). The molecule has 2 bridgehead atoms. The number of hydrogen-bond donors (Lipinski definition) is 2. The molecule has 1 aromatic carbocycles. The molecule has 0 spiro atoms. The maximum Gasteiger partial charge on any atom is 0.309 e. The van der Waals surface area contributed by atoms with Crippen LogP contribution in [0.1, 0.15) is 29.8 Å². The van der Waals surface area contributed by atoms with E-state index in [2.05, 4.69) is 15.4 Å². The van der Waals surface area contributed by atoms with Crippen molar-refractivity contribution in [2.45, 2.75) is 24.8 Å². The monoisotopic (exact) mass is 408 g/mol. The number of methoxy groups -OCH3 is 2. The van der Waals surface area contributed by atoms with Gasteiger partial charge in [0.2, 0.25) is 0 Å². The Morgan fingerprint density at radius 2 is 1.83 bits per heavy atom. The van der Waals surface area contributed by atoms with E-state index in [0.717, 1.165) is 11.3 Å². The molecule has 30 heavy (non-hydrogen) atoms. The Morgan fingerprint density at radius 1 is 1.10 bits per heavy atom. The van der Waals surface area contributed by atoms with Crippen LogP contribution in [-0.4, -0.2) is 51.3 Å². The number of carboxylic acid groups (broad SMARTS) is 1. The molecule has 0 unspecified atom stereocenters. The Bertz CT molecular complexity index is 1180. The van der Waals surface area contributed by atoms with Gasteiger partial charge in [-0.2, -0.15) is 5.10 Å². The van der Waals surface area contributed by atoms with Gasteiger partial charge in [-0.1, -0.05) is 0 Å². The van der Waals surface area contributed by atoms with Crippen LogP contribution in [0, 0.1) is 5.41 Å². The SMILES string of the molecule is COc1ccc(-c2ccnc3cc(C(=O)NC45CC(C(=O)O)(C4)C5)nn23)cc1OC. The van der Waals surface area contributed by atoms with Crippen LogP contribution in [0.3, 0.4) is 0 Å². The van der Waals surface area contributed by atoms with Gasteiger partial charge >= 0.3 is 5.97 Å². The topological polar surface area (TPSA) is 115 Å². The summed E-state index contributed by atoms with van der Waals surface area (Å²) in [5.74, 6) is 0.0957. The van der Waals surface area contributed by atoms with E-state index in [1.165, 1.54) is 0 Å². The van der Waals surface area contributed by atoms with E-state index in [1.54, 1.807) is 43.1 Å². The summed E-state index contributed by atoms with van der Waals surface area (Å²) in [5.41, 5.74) is 1.30. The van der Waals surface area contributed by atoms with Crippen molar-refractivity contribution in [1.29, 1.82) is 0 Å². The van der Waals surface area contributed by atoms with Crippen molar-refractivity contribution in [3.63, 3.8) is 0 Å². The molecule has 0 radical (unpaired) electrons. The number of ether oxygens (including phenoxy) is 2. The number of nitrogens with one attached hydrogen (secondary N) is 1. The first-order valence-corrected chi connectivity index (χ1v) is 9.52. The predicted octanol–water partition coefficient (Wildman–Crippen LogP) is 2.15. The Labute approximate surface area is 171 Å². The van der Waals surface area contributed by atoms with E-state index in [9.17, 15) is 14.7 Å². The lowest BCUT2D eigenvalue weighted by molar-refractivity contribution is -0.196. The van der Waals surface area contributed by atoms with E-state index in [0.29, 0.717) is 36.4 Å². The van der Waals surface area contributed by atoms with Crippen LogP contribution in [0.25, 0.3) is 16.9 Å². The normalized spacial score (nSPS) is 23.9. The second-order valence-electron chi connectivity index (χ2n) is 8.05. The molecular weight excluding hydrogens is 388 g/mol. The van der Waals surface area contributed by atoms with E-state index < -0.39 is 16.9 Å². The van der Waals surface area contributed by atoms with Crippen LogP contribution in [0.5, 0.6) is 11.5 Å². The summed E-state index contributed by atoms with van der Waals surface area (Å²) in [4.78, 5) is 28.3. The van der Waals surface area contributed by atoms with Gasteiger partial charge in [-0.3, -0.25) is 9.59 Å². The maximum atomic E-state index is 12.8. The molecule has 154 valence electrons. The van der Waals surface area contributed by atoms with Gasteiger partial charge in [0.15, 0.2) is 22.8 Å². The minimum absolute atomic E-state index is 0.240. The van der Waals surface area contributed by atoms with Gasteiger partial charge in [-0.25, -0.2) is 9.50 Å². The van der Waals surface area contributed by atoms with E-state index in [4.69, 9.17) is 9.47 Å². The second kappa shape index (κ2) is 6.19. The first-order chi connectivity index (χ1) is 14.4. The summed E-state index contributed by atoms with van der Waals surface area (Å²) in [5, 5.41) is 16.7. The van der Waals surface area contributed by atoms with Gasteiger partial charge in [0.1, 0.15) is 0 Å². The lowest BCUT2D eigenvalue weighted by atomic mass is 9.39. The zero-order valence-electron chi connectivity index (χ0n) is 16.5. The minimum atomic E-state index is -0.782. The molecule has 2 heterocycles. The summed E-state index contributed by atoms with van der Waals surface area (Å²) < 4.78 is 12.3. The van der Waals surface area contributed by atoms with Crippen LogP contribution in [0.4, 0.5) is 0 Å². The first-order valence-electron chi connectivity index (χ1n) is 9.52. The van der Waals surface area contributed by atoms with Crippen LogP contribution in [-0.2, 0) is 4.79 Å². The number of carbonyl (C=O) groups excluding carboxylic acids is 1. The molecule has 2 N–H and O–H groups in total. The highest BCUT2D eigenvalue weighted by Crippen LogP contribution is 2.67. The average Bonchev–Trinajstić information content (AvgIpc) is 3.13. The molecule has 0 aliphatic heterocycles. The molecular formula is C21H20N4O5. The third kappa shape index (κ3) is 2.54. The molecule has 3 fully saturated rings. The van der Waals surface area contributed by atoms with Gasteiger partial charge in [0.05, 0.1) is 25.3 Å². The zero-order chi connectivity index (χ0) is 21.1. The highest BCUT2D eigenvalue weighted by molar-refractivity contribution is 5.95. The number of aromatic nitrogens is 3. The molecule has 9 nitrogen and oxygen atoms in total. The summed E-state index contributed by atoms with van der Waals surface area (Å²) in [6.07, 6.45) is 3.08. The highest BCUT2D eigenvalue weighted by atomic mass is 16.5. The lowest BCUT2D eigenvalue weighted by Crippen LogP contribution is -2.77. The Morgan fingerprint density at radius 3 is 2.50 bits per heavy atom. The fourth-order valence-electron chi connectivity index (χ4n) is 4.67. The van der Waals surface area contributed by atoms with Crippen LogP contribution in [0.15, 0.2) is 36.5 Å². The quantitative estimate of drug-likeness (QED) is 0.642. The molecule has 6 rings (SSSR count). The number of amides is 1. The molecule has 0 atom stereocenters. The lowest BCUT2D eigenvalue weighted by Gasteiger charge is -2.67. The van der Waals surface area contributed by atoms with Crippen LogP contribution in [0.2, 0.25) is 0 Å². The van der Waals surface area contributed by atoms with Crippen LogP contribution < -0.4 is 14.8 Å². The second-order valence-corrected chi connectivity index (χ2v) is 8.05. The zero-order valence-corrected chi connectivity index (χ0v) is 16.5. The molecule has 3 aromatic rings. The van der Waals surface area contributed by atoms with Crippen molar-refractivity contribution in [3.8, 4) is 22.8 Å². The van der Waals surface area contributed by atoms with Crippen molar-refractivity contribution in [2.75, 3.05) is 14.2 Å². The molecule has 3 saturated carbocycles. The third-order valence-electron chi connectivity index (χ3n) is 6.13. The average molecular weight is 408 g/mol. The van der Waals surface area contributed by atoms with Crippen molar-refractivity contribution >= 4 is 17.5 Å². The number of aliphatic carboxylic acids is 1. The Balaban J connectivity index is 1.43. The van der Waals surface area contributed by atoms with Gasteiger partial charge < -0.3 is 19.9 Å². The van der Waals surface area contributed by atoms with E-state index in [1.807, 2.05) is 12.1 Å². The highest BCUT2D eigenvalue weighted by Gasteiger charge is 2.72. The number of fused-ring (bicyclic) bond motifs is 1. The maximum absolute atomic E-state index is 12.8. The third-order valence-corrected chi connectivity index (χ3v) is 6.13. The van der Waals surface area contributed by atoms with Crippen molar-refractivity contribution in [1.82, 2.24) is 19.9 Å². The van der Waals surface area contributed by atoms with Gasteiger partial charge in [0.25, 0.3) is 5.91 Å². The van der Waals surface area contributed by atoms with Gasteiger partial charge in [0, 0.05) is 23.4 Å². The number of carboxylic acids is 1. The number of rotatable bonds is 6. The molecule has 3 aliphatic rings. The predicted molar refractivity (Wildman–Crippen MR) is 106 cm³/mol. The summed E-state index contributed by atoms with van der Waals surface area (Å²) in [6, 6.07) is 8.95. The smallest absolute Gasteiger partial charge is 0.309 e. The number of carbonyl (C=O) groups is 2. The molecule has 9 heteroatoms. The Hall–Kier alpha value is -3.62. The van der Waals surface area contributed by atoms with E-state index >= 15 is 0 Å². The molecule has 2 aromatic heterocycles.